The SMILES string of the molecule is Fc1ccc(Br)c(-n2c(CCl)nc3ccc(Cl)cc32)c1. The van der Waals surface area contributed by atoms with Gasteiger partial charge >= 0.3 is 0 Å². The topological polar surface area (TPSA) is 17.8 Å². The largest absolute Gasteiger partial charge is 0.294 e. The van der Waals surface area contributed by atoms with E-state index < -0.39 is 0 Å². The number of alkyl halides is 1. The van der Waals surface area contributed by atoms with E-state index in [4.69, 9.17) is 23.2 Å². The van der Waals surface area contributed by atoms with Crippen molar-refractivity contribution in [2.75, 3.05) is 0 Å². The van der Waals surface area contributed by atoms with Gasteiger partial charge in [0.2, 0.25) is 0 Å². The Labute approximate surface area is 133 Å². The molecule has 0 amide bonds. The number of rotatable bonds is 2. The van der Waals surface area contributed by atoms with Crippen LogP contribution in [0.2, 0.25) is 5.02 Å². The summed E-state index contributed by atoms with van der Waals surface area (Å²) < 4.78 is 16.1. The van der Waals surface area contributed by atoms with E-state index in [1.54, 1.807) is 22.8 Å². The summed E-state index contributed by atoms with van der Waals surface area (Å²) in [4.78, 5) is 4.45. The summed E-state index contributed by atoms with van der Waals surface area (Å²) in [5.74, 6) is 0.526. The van der Waals surface area contributed by atoms with Crippen molar-refractivity contribution in [3.8, 4) is 5.69 Å². The fraction of sp³-hybridized carbons (Fsp3) is 0.0714. The molecule has 0 N–H and O–H groups in total. The first-order valence-electron chi connectivity index (χ1n) is 5.78. The number of aromatic nitrogens is 2. The van der Waals surface area contributed by atoms with Crippen molar-refractivity contribution >= 4 is 50.2 Å². The van der Waals surface area contributed by atoms with Gasteiger partial charge in [0, 0.05) is 9.50 Å². The molecule has 0 unspecified atom stereocenters. The maximum absolute atomic E-state index is 13.5. The van der Waals surface area contributed by atoms with Gasteiger partial charge < -0.3 is 0 Å². The highest BCUT2D eigenvalue weighted by Crippen LogP contribution is 2.29. The molecule has 0 aliphatic heterocycles. The van der Waals surface area contributed by atoms with Crippen molar-refractivity contribution in [1.82, 2.24) is 9.55 Å². The van der Waals surface area contributed by atoms with Crippen molar-refractivity contribution in [3.05, 3.63) is 57.5 Å². The second kappa shape index (κ2) is 5.35. The van der Waals surface area contributed by atoms with E-state index in [1.807, 2.05) is 6.07 Å². The highest BCUT2D eigenvalue weighted by atomic mass is 79.9. The van der Waals surface area contributed by atoms with Gasteiger partial charge in [-0.25, -0.2) is 9.37 Å². The first kappa shape index (κ1) is 13.9. The fourth-order valence-electron chi connectivity index (χ4n) is 2.11. The third-order valence-electron chi connectivity index (χ3n) is 2.95. The van der Waals surface area contributed by atoms with E-state index in [0.717, 1.165) is 15.5 Å². The second-order valence-electron chi connectivity index (χ2n) is 4.23. The Morgan fingerprint density at radius 1 is 1.20 bits per heavy atom. The van der Waals surface area contributed by atoms with Gasteiger partial charge in [0.25, 0.3) is 0 Å². The summed E-state index contributed by atoms with van der Waals surface area (Å²) in [6.45, 7) is 0. The molecule has 0 saturated heterocycles. The number of hydrogen-bond donors (Lipinski definition) is 0. The molecule has 0 bridgehead atoms. The lowest BCUT2D eigenvalue weighted by atomic mass is 10.2. The molecule has 102 valence electrons. The summed E-state index contributed by atoms with van der Waals surface area (Å²) >= 11 is 15.4. The monoisotopic (exact) mass is 372 g/mol. The fourth-order valence-corrected chi connectivity index (χ4v) is 2.88. The van der Waals surface area contributed by atoms with E-state index in [-0.39, 0.29) is 11.7 Å². The summed E-state index contributed by atoms with van der Waals surface area (Å²) in [6.07, 6.45) is 0. The van der Waals surface area contributed by atoms with Crippen LogP contribution >= 0.6 is 39.1 Å². The lowest BCUT2D eigenvalue weighted by Crippen LogP contribution is -2.01. The van der Waals surface area contributed by atoms with Crippen LogP contribution in [0.15, 0.2) is 40.9 Å². The minimum atomic E-state index is -0.326. The van der Waals surface area contributed by atoms with Gasteiger partial charge in [0.15, 0.2) is 0 Å². The van der Waals surface area contributed by atoms with E-state index in [1.165, 1.54) is 12.1 Å². The molecule has 1 aromatic heterocycles. The number of nitrogens with zero attached hydrogens (tertiary/aromatic N) is 2. The first-order chi connectivity index (χ1) is 9.60. The van der Waals surface area contributed by atoms with Crippen LogP contribution < -0.4 is 0 Å². The van der Waals surface area contributed by atoms with Gasteiger partial charge in [-0.05, 0) is 52.3 Å². The normalized spacial score (nSPS) is 11.2. The predicted molar refractivity (Wildman–Crippen MR) is 83.3 cm³/mol. The third kappa shape index (κ3) is 2.32. The van der Waals surface area contributed by atoms with E-state index in [0.29, 0.717) is 16.5 Å². The zero-order valence-corrected chi connectivity index (χ0v) is 13.2. The van der Waals surface area contributed by atoms with Gasteiger partial charge in [0.1, 0.15) is 11.6 Å². The smallest absolute Gasteiger partial charge is 0.129 e. The Kier molecular flexibility index (Phi) is 3.71. The molecule has 0 aliphatic rings. The Morgan fingerprint density at radius 2 is 2.00 bits per heavy atom. The van der Waals surface area contributed by atoms with Gasteiger partial charge in [-0.15, -0.1) is 11.6 Å². The van der Waals surface area contributed by atoms with Crippen LogP contribution in [0.4, 0.5) is 4.39 Å². The molecular weight excluding hydrogens is 366 g/mol. The average Bonchev–Trinajstić information content (AvgIpc) is 2.79. The van der Waals surface area contributed by atoms with Crippen LogP contribution in [0.3, 0.4) is 0 Å². The van der Waals surface area contributed by atoms with Crippen molar-refractivity contribution in [3.63, 3.8) is 0 Å². The Bertz CT molecular complexity index is 801. The summed E-state index contributed by atoms with van der Waals surface area (Å²) in [5.41, 5.74) is 2.20. The van der Waals surface area contributed by atoms with Crippen LogP contribution in [0.1, 0.15) is 5.82 Å². The van der Waals surface area contributed by atoms with Crippen molar-refractivity contribution < 1.29 is 4.39 Å². The van der Waals surface area contributed by atoms with Crippen LogP contribution in [0.5, 0.6) is 0 Å². The minimum absolute atomic E-state index is 0.218. The van der Waals surface area contributed by atoms with Crippen LogP contribution in [0.25, 0.3) is 16.7 Å². The third-order valence-corrected chi connectivity index (χ3v) is 4.10. The maximum Gasteiger partial charge on any atom is 0.129 e. The molecule has 0 radical (unpaired) electrons. The molecule has 0 fully saturated rings. The number of hydrogen-bond acceptors (Lipinski definition) is 1. The zero-order valence-electron chi connectivity index (χ0n) is 10.1. The Hall–Kier alpha value is -1.10. The van der Waals surface area contributed by atoms with Gasteiger partial charge in [-0.1, -0.05) is 11.6 Å². The first-order valence-corrected chi connectivity index (χ1v) is 7.49. The minimum Gasteiger partial charge on any atom is -0.294 e. The van der Waals surface area contributed by atoms with Crippen LogP contribution in [0, 0.1) is 5.82 Å². The second-order valence-corrected chi connectivity index (χ2v) is 5.78. The van der Waals surface area contributed by atoms with E-state index in [9.17, 15) is 4.39 Å². The number of benzene rings is 2. The van der Waals surface area contributed by atoms with Crippen molar-refractivity contribution in [2.24, 2.45) is 0 Å². The van der Waals surface area contributed by atoms with Crippen LogP contribution in [-0.4, -0.2) is 9.55 Å². The number of imidazole rings is 1. The molecule has 6 heteroatoms. The number of fused-ring (bicyclic) bond motifs is 1. The molecule has 1 heterocycles. The summed E-state index contributed by atoms with van der Waals surface area (Å²) in [7, 11) is 0. The van der Waals surface area contributed by atoms with E-state index in [2.05, 4.69) is 20.9 Å². The molecule has 0 saturated carbocycles. The molecular formula is C14H8BrCl2FN2. The maximum atomic E-state index is 13.5. The average molecular weight is 374 g/mol. The molecule has 0 spiro atoms. The van der Waals surface area contributed by atoms with Gasteiger partial charge in [-0.3, -0.25) is 4.57 Å². The summed E-state index contributed by atoms with van der Waals surface area (Å²) in [5, 5.41) is 0.590. The lowest BCUT2D eigenvalue weighted by molar-refractivity contribution is 0.626. The van der Waals surface area contributed by atoms with Crippen LogP contribution in [-0.2, 0) is 5.88 Å². The molecule has 2 nitrogen and oxygen atoms in total. The zero-order chi connectivity index (χ0) is 14.3. The van der Waals surface area contributed by atoms with Crippen molar-refractivity contribution in [1.29, 1.82) is 0 Å². The highest BCUT2D eigenvalue weighted by molar-refractivity contribution is 9.10. The number of halogens is 4. The highest BCUT2D eigenvalue weighted by Gasteiger charge is 2.15. The standard InChI is InChI=1S/C14H8BrCl2FN2/c15-10-3-2-9(18)6-12(10)20-13-5-8(17)1-4-11(13)19-14(20)7-16/h1-6H,7H2. The van der Waals surface area contributed by atoms with Crippen molar-refractivity contribution in [2.45, 2.75) is 5.88 Å². The Morgan fingerprint density at radius 3 is 2.75 bits per heavy atom. The summed E-state index contributed by atoms with van der Waals surface area (Å²) in [6, 6.07) is 9.84. The lowest BCUT2D eigenvalue weighted by Gasteiger charge is -2.10. The molecule has 3 rings (SSSR count). The molecule has 0 atom stereocenters. The predicted octanol–water partition coefficient (Wildman–Crippen LogP) is 5.32. The molecule has 2 aromatic carbocycles. The molecule has 3 aromatic rings. The quantitative estimate of drug-likeness (QED) is 0.556. The molecule has 0 aliphatic carbocycles. The van der Waals surface area contributed by atoms with Gasteiger partial charge in [0.05, 0.1) is 22.6 Å². The van der Waals surface area contributed by atoms with E-state index >= 15 is 0 Å². The molecule has 20 heavy (non-hydrogen) atoms. The Balaban J connectivity index is 2.39. The van der Waals surface area contributed by atoms with Gasteiger partial charge in [-0.2, -0.15) is 0 Å².